The van der Waals surface area contributed by atoms with E-state index in [1.165, 1.54) is 0 Å². The van der Waals surface area contributed by atoms with E-state index in [-0.39, 0.29) is 5.91 Å². The molecule has 110 valence electrons. The Balaban J connectivity index is 1.91. The van der Waals surface area contributed by atoms with Gasteiger partial charge in [-0.25, -0.2) is 0 Å². The molecule has 0 aliphatic carbocycles. The largest absolute Gasteiger partial charge is 0.385 e. The summed E-state index contributed by atoms with van der Waals surface area (Å²) in [6.45, 7) is 7.34. The van der Waals surface area contributed by atoms with Gasteiger partial charge in [-0.1, -0.05) is 6.92 Å². The standard InChI is InChI=1S/C16H24N2O2/c1-3-7-17-14-4-5-15(12(2)9-14)16(19)18-10-13-6-8-20-11-13/h4-5,9,13,17H,3,6-8,10-11H2,1-2H3,(H,18,19). The summed E-state index contributed by atoms with van der Waals surface area (Å²) < 4.78 is 5.31. The molecular weight excluding hydrogens is 252 g/mol. The van der Waals surface area contributed by atoms with Gasteiger partial charge in [0, 0.05) is 36.9 Å². The number of carbonyl (C=O) groups excluding carboxylic acids is 1. The van der Waals surface area contributed by atoms with E-state index in [9.17, 15) is 4.79 Å². The van der Waals surface area contributed by atoms with Gasteiger partial charge in [-0.05, 0) is 43.5 Å². The topological polar surface area (TPSA) is 50.4 Å². The van der Waals surface area contributed by atoms with Crippen LogP contribution in [0.2, 0.25) is 0 Å². The SMILES string of the molecule is CCCNc1ccc(C(=O)NCC2CCOC2)c(C)c1. The molecule has 1 atom stereocenters. The summed E-state index contributed by atoms with van der Waals surface area (Å²) in [5, 5.41) is 6.33. The molecule has 1 aromatic rings. The lowest BCUT2D eigenvalue weighted by Gasteiger charge is -2.12. The average molecular weight is 276 g/mol. The Kier molecular flexibility index (Phi) is 5.41. The Bertz CT molecular complexity index is 454. The predicted molar refractivity (Wildman–Crippen MR) is 81.2 cm³/mol. The number of hydrogen-bond acceptors (Lipinski definition) is 3. The van der Waals surface area contributed by atoms with Crippen LogP contribution in [0.4, 0.5) is 5.69 Å². The second-order valence-corrected chi connectivity index (χ2v) is 5.40. The summed E-state index contributed by atoms with van der Waals surface area (Å²) >= 11 is 0. The Morgan fingerprint density at radius 3 is 2.95 bits per heavy atom. The fraction of sp³-hybridized carbons (Fsp3) is 0.562. The third-order valence-electron chi connectivity index (χ3n) is 3.63. The van der Waals surface area contributed by atoms with Crippen LogP contribution in [0.15, 0.2) is 18.2 Å². The van der Waals surface area contributed by atoms with E-state index >= 15 is 0 Å². The third-order valence-corrected chi connectivity index (χ3v) is 3.63. The van der Waals surface area contributed by atoms with Crippen molar-refractivity contribution in [1.82, 2.24) is 5.32 Å². The molecule has 1 unspecified atom stereocenters. The van der Waals surface area contributed by atoms with Crippen LogP contribution >= 0.6 is 0 Å². The summed E-state index contributed by atoms with van der Waals surface area (Å²) in [6.07, 6.45) is 2.13. The second-order valence-electron chi connectivity index (χ2n) is 5.40. The predicted octanol–water partition coefficient (Wildman–Crippen LogP) is 2.58. The van der Waals surface area contributed by atoms with E-state index in [2.05, 4.69) is 17.6 Å². The third kappa shape index (κ3) is 3.97. The summed E-state index contributed by atoms with van der Waals surface area (Å²) in [7, 11) is 0. The molecule has 2 rings (SSSR count). The number of aryl methyl sites for hydroxylation is 1. The van der Waals surface area contributed by atoms with Gasteiger partial charge in [0.05, 0.1) is 6.61 Å². The molecule has 1 aromatic carbocycles. The van der Waals surface area contributed by atoms with Crippen LogP contribution in [0.25, 0.3) is 0 Å². The van der Waals surface area contributed by atoms with Crippen molar-refractivity contribution in [3.8, 4) is 0 Å². The van der Waals surface area contributed by atoms with Gasteiger partial charge in [-0.2, -0.15) is 0 Å². The van der Waals surface area contributed by atoms with E-state index in [0.29, 0.717) is 12.5 Å². The highest BCUT2D eigenvalue weighted by Crippen LogP contribution is 2.16. The number of rotatable bonds is 6. The van der Waals surface area contributed by atoms with Crippen molar-refractivity contribution >= 4 is 11.6 Å². The minimum Gasteiger partial charge on any atom is -0.385 e. The molecule has 0 aromatic heterocycles. The number of hydrogen-bond donors (Lipinski definition) is 2. The molecule has 1 saturated heterocycles. The van der Waals surface area contributed by atoms with E-state index in [1.807, 2.05) is 25.1 Å². The summed E-state index contributed by atoms with van der Waals surface area (Å²) in [4.78, 5) is 12.2. The lowest BCUT2D eigenvalue weighted by Crippen LogP contribution is -2.30. The molecule has 2 N–H and O–H groups in total. The number of amides is 1. The van der Waals surface area contributed by atoms with Crippen LogP contribution in [0.3, 0.4) is 0 Å². The fourth-order valence-electron chi connectivity index (χ4n) is 2.37. The van der Waals surface area contributed by atoms with E-state index in [1.54, 1.807) is 0 Å². The first-order valence-electron chi connectivity index (χ1n) is 7.41. The first-order chi connectivity index (χ1) is 9.70. The average Bonchev–Trinajstić information content (AvgIpc) is 2.96. The van der Waals surface area contributed by atoms with Crippen molar-refractivity contribution < 1.29 is 9.53 Å². The highest BCUT2D eigenvalue weighted by atomic mass is 16.5. The zero-order valence-corrected chi connectivity index (χ0v) is 12.4. The zero-order valence-electron chi connectivity index (χ0n) is 12.4. The van der Waals surface area contributed by atoms with Crippen LogP contribution in [0, 0.1) is 12.8 Å². The molecule has 1 heterocycles. The van der Waals surface area contributed by atoms with Gasteiger partial charge in [0.15, 0.2) is 0 Å². The van der Waals surface area contributed by atoms with E-state index < -0.39 is 0 Å². The number of anilines is 1. The molecule has 0 bridgehead atoms. The normalized spacial score (nSPS) is 18.0. The number of nitrogens with one attached hydrogen (secondary N) is 2. The van der Waals surface area contributed by atoms with Crippen molar-refractivity contribution in [2.24, 2.45) is 5.92 Å². The highest BCUT2D eigenvalue weighted by molar-refractivity contribution is 5.96. The first kappa shape index (κ1) is 14.9. The summed E-state index contributed by atoms with van der Waals surface area (Å²) in [6, 6.07) is 5.90. The lowest BCUT2D eigenvalue weighted by atomic mass is 10.1. The summed E-state index contributed by atoms with van der Waals surface area (Å²) in [5.41, 5.74) is 2.84. The maximum atomic E-state index is 12.2. The fourth-order valence-corrected chi connectivity index (χ4v) is 2.37. The minimum absolute atomic E-state index is 0.0106. The van der Waals surface area contributed by atoms with Gasteiger partial charge >= 0.3 is 0 Å². The van der Waals surface area contributed by atoms with Gasteiger partial charge in [-0.15, -0.1) is 0 Å². The second kappa shape index (κ2) is 7.29. The molecule has 0 saturated carbocycles. The molecule has 1 aliphatic heterocycles. The summed E-state index contributed by atoms with van der Waals surface area (Å²) in [5.74, 6) is 0.473. The van der Waals surface area contributed by atoms with E-state index in [4.69, 9.17) is 4.74 Å². The molecule has 4 nitrogen and oxygen atoms in total. The lowest BCUT2D eigenvalue weighted by molar-refractivity contribution is 0.0944. The van der Waals surface area contributed by atoms with Crippen molar-refractivity contribution in [3.63, 3.8) is 0 Å². The number of carbonyl (C=O) groups is 1. The highest BCUT2D eigenvalue weighted by Gasteiger charge is 2.17. The van der Waals surface area contributed by atoms with E-state index in [0.717, 1.165) is 49.4 Å². The van der Waals surface area contributed by atoms with Gasteiger partial charge in [-0.3, -0.25) is 4.79 Å². The molecular formula is C16H24N2O2. The molecule has 1 aliphatic rings. The van der Waals surface area contributed by atoms with Crippen LogP contribution < -0.4 is 10.6 Å². The van der Waals surface area contributed by atoms with Gasteiger partial charge in [0.1, 0.15) is 0 Å². The Labute approximate surface area is 120 Å². The Morgan fingerprint density at radius 1 is 1.45 bits per heavy atom. The number of benzene rings is 1. The van der Waals surface area contributed by atoms with Gasteiger partial charge in [0.2, 0.25) is 0 Å². The zero-order chi connectivity index (χ0) is 14.4. The maximum absolute atomic E-state index is 12.2. The molecule has 1 fully saturated rings. The van der Waals surface area contributed by atoms with Crippen molar-refractivity contribution in [3.05, 3.63) is 29.3 Å². The molecule has 20 heavy (non-hydrogen) atoms. The van der Waals surface area contributed by atoms with Crippen LogP contribution in [-0.4, -0.2) is 32.2 Å². The van der Waals surface area contributed by atoms with Crippen LogP contribution in [0.5, 0.6) is 0 Å². The Morgan fingerprint density at radius 2 is 2.30 bits per heavy atom. The van der Waals surface area contributed by atoms with Crippen LogP contribution in [0.1, 0.15) is 35.7 Å². The molecule has 0 radical (unpaired) electrons. The molecule has 1 amide bonds. The quantitative estimate of drug-likeness (QED) is 0.839. The van der Waals surface area contributed by atoms with Gasteiger partial charge in [0.25, 0.3) is 5.91 Å². The Hall–Kier alpha value is -1.55. The monoisotopic (exact) mass is 276 g/mol. The van der Waals surface area contributed by atoms with Crippen molar-refractivity contribution in [2.45, 2.75) is 26.7 Å². The smallest absolute Gasteiger partial charge is 0.251 e. The van der Waals surface area contributed by atoms with Crippen LogP contribution in [-0.2, 0) is 4.74 Å². The molecule has 0 spiro atoms. The maximum Gasteiger partial charge on any atom is 0.251 e. The first-order valence-corrected chi connectivity index (χ1v) is 7.41. The van der Waals surface area contributed by atoms with Crippen molar-refractivity contribution in [2.75, 3.05) is 31.6 Å². The molecule has 4 heteroatoms. The minimum atomic E-state index is 0.0106. The van der Waals surface area contributed by atoms with Crippen molar-refractivity contribution in [1.29, 1.82) is 0 Å². The van der Waals surface area contributed by atoms with Gasteiger partial charge < -0.3 is 15.4 Å². The number of ether oxygens (including phenoxy) is 1.